The Hall–Kier alpha value is -1.77. The van der Waals surface area contributed by atoms with Gasteiger partial charge in [0.1, 0.15) is 5.76 Å². The van der Waals surface area contributed by atoms with Crippen molar-refractivity contribution in [2.24, 2.45) is 0 Å². The van der Waals surface area contributed by atoms with Crippen LogP contribution in [0.3, 0.4) is 0 Å². The standard InChI is InChI=1S/C10H10O3/c1-7(11)8-3-5-9(6-4-8)10(12)13-2/h3-6,11H,1H2,2H3. The Labute approximate surface area is 76.3 Å². The van der Waals surface area contributed by atoms with Gasteiger partial charge >= 0.3 is 5.97 Å². The minimum absolute atomic E-state index is 0.0172. The lowest BCUT2D eigenvalue weighted by Crippen LogP contribution is -2.00. The Morgan fingerprint density at radius 2 is 1.77 bits per heavy atom. The fourth-order valence-corrected chi connectivity index (χ4v) is 0.917. The van der Waals surface area contributed by atoms with Crippen molar-refractivity contribution >= 4 is 11.7 Å². The minimum Gasteiger partial charge on any atom is -0.508 e. The van der Waals surface area contributed by atoms with E-state index in [0.29, 0.717) is 11.1 Å². The first-order chi connectivity index (χ1) is 6.15. The van der Waals surface area contributed by atoms with Crippen LogP contribution >= 0.6 is 0 Å². The van der Waals surface area contributed by atoms with E-state index in [2.05, 4.69) is 11.3 Å². The van der Waals surface area contributed by atoms with Crippen LogP contribution in [0.1, 0.15) is 15.9 Å². The van der Waals surface area contributed by atoms with Crippen molar-refractivity contribution in [2.75, 3.05) is 7.11 Å². The number of methoxy groups -OCH3 is 1. The summed E-state index contributed by atoms with van der Waals surface area (Å²) >= 11 is 0. The van der Waals surface area contributed by atoms with Crippen molar-refractivity contribution in [2.45, 2.75) is 0 Å². The van der Waals surface area contributed by atoms with Crippen LogP contribution < -0.4 is 0 Å². The van der Waals surface area contributed by atoms with Gasteiger partial charge in [0.2, 0.25) is 0 Å². The second kappa shape index (κ2) is 3.76. The maximum Gasteiger partial charge on any atom is 0.337 e. The van der Waals surface area contributed by atoms with Crippen molar-refractivity contribution < 1.29 is 14.6 Å². The lowest BCUT2D eigenvalue weighted by atomic mass is 10.1. The Morgan fingerprint density at radius 3 is 2.15 bits per heavy atom. The van der Waals surface area contributed by atoms with Crippen LogP contribution in [0.25, 0.3) is 5.76 Å². The van der Waals surface area contributed by atoms with E-state index in [0.717, 1.165) is 0 Å². The van der Waals surface area contributed by atoms with Crippen LogP contribution in [0, 0.1) is 0 Å². The molecule has 1 aromatic carbocycles. The molecule has 0 aliphatic rings. The third kappa shape index (κ3) is 2.08. The summed E-state index contributed by atoms with van der Waals surface area (Å²) in [5.41, 5.74) is 1.04. The Bertz CT molecular complexity index is 325. The molecular formula is C10H10O3. The Balaban J connectivity index is 2.93. The first kappa shape index (κ1) is 9.32. The lowest BCUT2D eigenvalue weighted by Gasteiger charge is -2.00. The molecule has 0 heterocycles. The second-order valence-corrected chi connectivity index (χ2v) is 2.52. The summed E-state index contributed by atoms with van der Waals surface area (Å²) in [7, 11) is 1.32. The molecule has 68 valence electrons. The van der Waals surface area contributed by atoms with Gasteiger partial charge in [-0.25, -0.2) is 4.79 Å². The van der Waals surface area contributed by atoms with Crippen LogP contribution in [0.4, 0.5) is 0 Å². The molecule has 0 bridgehead atoms. The number of esters is 1. The summed E-state index contributed by atoms with van der Waals surface area (Å²) in [4.78, 5) is 11.0. The van der Waals surface area contributed by atoms with Crippen LogP contribution in [0.5, 0.6) is 0 Å². The summed E-state index contributed by atoms with van der Waals surface area (Å²) in [6.45, 7) is 3.36. The molecule has 0 aliphatic carbocycles. The minimum atomic E-state index is -0.393. The predicted octanol–water partition coefficient (Wildman–Crippen LogP) is 2.00. The third-order valence-corrected chi connectivity index (χ3v) is 1.64. The summed E-state index contributed by atoms with van der Waals surface area (Å²) < 4.78 is 4.51. The molecule has 0 amide bonds. The van der Waals surface area contributed by atoms with E-state index in [1.54, 1.807) is 24.3 Å². The Kier molecular flexibility index (Phi) is 2.69. The number of carbonyl (C=O) groups is 1. The predicted molar refractivity (Wildman–Crippen MR) is 49.4 cm³/mol. The zero-order valence-electron chi connectivity index (χ0n) is 7.28. The molecule has 0 saturated heterocycles. The monoisotopic (exact) mass is 178 g/mol. The average molecular weight is 178 g/mol. The van der Waals surface area contributed by atoms with Crippen molar-refractivity contribution in [3.05, 3.63) is 42.0 Å². The van der Waals surface area contributed by atoms with E-state index < -0.39 is 5.97 Å². The Morgan fingerprint density at radius 1 is 1.31 bits per heavy atom. The number of carbonyl (C=O) groups excluding carboxylic acids is 1. The van der Waals surface area contributed by atoms with Gasteiger partial charge in [-0.05, 0) is 12.1 Å². The number of benzene rings is 1. The molecule has 0 spiro atoms. The van der Waals surface area contributed by atoms with Crippen LogP contribution in [0.2, 0.25) is 0 Å². The number of hydrogen-bond donors (Lipinski definition) is 1. The van der Waals surface area contributed by atoms with Crippen molar-refractivity contribution in [1.82, 2.24) is 0 Å². The fraction of sp³-hybridized carbons (Fsp3) is 0.100. The van der Waals surface area contributed by atoms with Gasteiger partial charge in [-0.15, -0.1) is 0 Å². The summed E-state index contributed by atoms with van der Waals surface area (Å²) in [6.07, 6.45) is 0. The molecule has 1 rings (SSSR count). The van der Waals surface area contributed by atoms with Gasteiger partial charge in [-0.3, -0.25) is 0 Å². The molecule has 3 heteroatoms. The van der Waals surface area contributed by atoms with E-state index in [4.69, 9.17) is 5.11 Å². The van der Waals surface area contributed by atoms with Crippen molar-refractivity contribution in [1.29, 1.82) is 0 Å². The number of aliphatic hydroxyl groups is 1. The summed E-state index contributed by atoms with van der Waals surface area (Å²) in [5.74, 6) is -0.411. The molecule has 0 radical (unpaired) electrons. The van der Waals surface area contributed by atoms with E-state index in [1.165, 1.54) is 7.11 Å². The van der Waals surface area contributed by atoms with Gasteiger partial charge < -0.3 is 9.84 Å². The topological polar surface area (TPSA) is 46.5 Å². The van der Waals surface area contributed by atoms with E-state index >= 15 is 0 Å². The highest BCUT2D eigenvalue weighted by Crippen LogP contribution is 2.10. The highest BCUT2D eigenvalue weighted by molar-refractivity contribution is 5.89. The molecule has 0 fully saturated rings. The second-order valence-electron chi connectivity index (χ2n) is 2.52. The third-order valence-electron chi connectivity index (χ3n) is 1.64. The molecular weight excluding hydrogens is 168 g/mol. The zero-order valence-corrected chi connectivity index (χ0v) is 7.28. The van der Waals surface area contributed by atoms with Gasteiger partial charge in [0.25, 0.3) is 0 Å². The molecule has 0 aliphatic heterocycles. The molecule has 3 nitrogen and oxygen atoms in total. The van der Waals surface area contributed by atoms with Crippen molar-refractivity contribution in [3.63, 3.8) is 0 Å². The van der Waals surface area contributed by atoms with Gasteiger partial charge in [0, 0.05) is 5.56 Å². The quantitative estimate of drug-likeness (QED) is 0.556. The molecule has 1 N–H and O–H groups in total. The highest BCUT2D eigenvalue weighted by Gasteiger charge is 2.04. The average Bonchev–Trinajstić information content (AvgIpc) is 2.17. The van der Waals surface area contributed by atoms with Gasteiger partial charge in [-0.2, -0.15) is 0 Å². The SMILES string of the molecule is C=C(O)c1ccc(C(=O)OC)cc1. The molecule has 0 aromatic heterocycles. The maximum absolute atomic E-state index is 11.0. The fourth-order valence-electron chi connectivity index (χ4n) is 0.917. The van der Waals surface area contributed by atoms with E-state index in [9.17, 15) is 4.79 Å². The number of ether oxygens (including phenoxy) is 1. The first-order valence-corrected chi connectivity index (χ1v) is 3.72. The maximum atomic E-state index is 11.0. The molecule has 0 unspecified atom stereocenters. The number of hydrogen-bond acceptors (Lipinski definition) is 3. The molecule has 0 atom stereocenters. The first-order valence-electron chi connectivity index (χ1n) is 3.72. The molecule has 0 saturated carbocycles. The van der Waals surface area contributed by atoms with Gasteiger partial charge in [0.05, 0.1) is 12.7 Å². The van der Waals surface area contributed by atoms with Crippen LogP contribution in [-0.2, 0) is 4.74 Å². The molecule has 13 heavy (non-hydrogen) atoms. The zero-order chi connectivity index (χ0) is 9.84. The lowest BCUT2D eigenvalue weighted by molar-refractivity contribution is 0.0600. The molecule has 1 aromatic rings. The number of rotatable bonds is 2. The van der Waals surface area contributed by atoms with E-state index in [1.807, 2.05) is 0 Å². The van der Waals surface area contributed by atoms with Crippen LogP contribution in [-0.4, -0.2) is 18.2 Å². The summed E-state index contributed by atoms with van der Waals surface area (Å²) in [6, 6.07) is 6.36. The largest absolute Gasteiger partial charge is 0.508 e. The van der Waals surface area contributed by atoms with Crippen LogP contribution in [0.15, 0.2) is 30.8 Å². The van der Waals surface area contributed by atoms with Gasteiger partial charge in [0.15, 0.2) is 0 Å². The summed E-state index contributed by atoms with van der Waals surface area (Å²) in [5, 5.41) is 9.00. The normalized spacial score (nSPS) is 9.31. The number of aliphatic hydroxyl groups excluding tert-OH is 1. The van der Waals surface area contributed by atoms with E-state index in [-0.39, 0.29) is 5.76 Å². The highest BCUT2D eigenvalue weighted by atomic mass is 16.5. The van der Waals surface area contributed by atoms with Crippen molar-refractivity contribution in [3.8, 4) is 0 Å². The van der Waals surface area contributed by atoms with Gasteiger partial charge in [-0.1, -0.05) is 18.7 Å². The smallest absolute Gasteiger partial charge is 0.337 e.